The number of anilines is 1. The third kappa shape index (κ3) is 4.49. The van der Waals surface area contributed by atoms with Gasteiger partial charge < -0.3 is 14.7 Å². The molecule has 0 saturated carbocycles. The predicted molar refractivity (Wildman–Crippen MR) is 128 cm³/mol. The second-order valence-electron chi connectivity index (χ2n) is 9.02. The molecule has 2 aromatic carbocycles. The van der Waals surface area contributed by atoms with Crippen LogP contribution in [0, 0.1) is 5.92 Å². The molecule has 2 N–H and O–H groups in total. The van der Waals surface area contributed by atoms with Crippen LogP contribution in [0.4, 0.5) is 10.5 Å². The number of rotatable bonds is 7. The van der Waals surface area contributed by atoms with Crippen LogP contribution in [0.25, 0.3) is 11.1 Å². The highest BCUT2D eigenvalue weighted by atomic mass is 16.5. The van der Waals surface area contributed by atoms with E-state index in [9.17, 15) is 14.4 Å². The highest BCUT2D eigenvalue weighted by Gasteiger charge is 2.34. The fourth-order valence-corrected chi connectivity index (χ4v) is 4.88. The summed E-state index contributed by atoms with van der Waals surface area (Å²) in [7, 11) is 1.67. The average molecular weight is 475 g/mol. The smallest absolute Gasteiger partial charge is 0.411 e. The Labute approximate surface area is 202 Å². The van der Waals surface area contributed by atoms with Gasteiger partial charge in [-0.1, -0.05) is 48.5 Å². The molecule has 0 spiro atoms. The van der Waals surface area contributed by atoms with Crippen LogP contribution in [-0.2, 0) is 16.6 Å². The Morgan fingerprint density at radius 3 is 2.31 bits per heavy atom. The lowest BCUT2D eigenvalue weighted by Crippen LogP contribution is -2.50. The first-order valence-electron chi connectivity index (χ1n) is 11.6. The van der Waals surface area contributed by atoms with E-state index in [1.165, 1.54) is 4.68 Å². The molecule has 180 valence electrons. The van der Waals surface area contributed by atoms with Crippen molar-refractivity contribution in [2.45, 2.75) is 18.8 Å². The third-order valence-electron chi connectivity index (χ3n) is 6.62. The number of carboxylic acids is 1. The van der Waals surface area contributed by atoms with E-state index in [0.29, 0.717) is 19.5 Å². The van der Waals surface area contributed by atoms with E-state index in [1.54, 1.807) is 18.1 Å². The zero-order valence-electron chi connectivity index (χ0n) is 19.3. The highest BCUT2D eigenvalue weighted by Crippen LogP contribution is 2.44. The molecule has 1 saturated heterocycles. The van der Waals surface area contributed by atoms with E-state index in [2.05, 4.69) is 34.7 Å². The van der Waals surface area contributed by atoms with Crippen LogP contribution in [0.2, 0.25) is 0 Å². The number of carbonyl (C=O) groups is 3. The number of carbonyl (C=O) groups excluding carboxylic acids is 2. The van der Waals surface area contributed by atoms with Crippen molar-refractivity contribution in [3.63, 3.8) is 0 Å². The summed E-state index contributed by atoms with van der Waals surface area (Å²) in [5.74, 6) is -1.04. The Balaban J connectivity index is 1.22. The number of ether oxygens (including phenoxy) is 1. The second kappa shape index (κ2) is 9.25. The number of amides is 2. The van der Waals surface area contributed by atoms with E-state index in [-0.39, 0.29) is 42.2 Å². The van der Waals surface area contributed by atoms with Crippen LogP contribution < -0.4 is 5.32 Å². The summed E-state index contributed by atoms with van der Waals surface area (Å²) in [6.07, 6.45) is 1.53. The van der Waals surface area contributed by atoms with Gasteiger partial charge in [-0.25, -0.2) is 4.79 Å². The first-order valence-corrected chi connectivity index (χ1v) is 11.6. The van der Waals surface area contributed by atoms with Crippen molar-refractivity contribution in [3.05, 3.63) is 71.5 Å². The summed E-state index contributed by atoms with van der Waals surface area (Å²) in [4.78, 5) is 37.9. The number of fused-ring (bicyclic) bond motifs is 3. The first-order chi connectivity index (χ1) is 16.9. The van der Waals surface area contributed by atoms with Crippen LogP contribution in [0.15, 0.2) is 54.7 Å². The lowest BCUT2D eigenvalue weighted by molar-refractivity contribution is -0.137. The lowest BCUT2D eigenvalue weighted by Gasteiger charge is -2.38. The van der Waals surface area contributed by atoms with Crippen molar-refractivity contribution in [2.24, 2.45) is 13.0 Å². The molecule has 5 rings (SSSR count). The molecular weight excluding hydrogens is 448 g/mol. The molecule has 0 unspecified atom stereocenters. The molecule has 3 aromatic rings. The number of carboxylic acid groups (broad SMARTS) is 1. The van der Waals surface area contributed by atoms with E-state index in [1.807, 2.05) is 24.3 Å². The SMILES string of the molecule is Cn1cc(NC(=O)OCC2c3ccccc3-c3ccccc32)c(C(=O)N2CC(CCC(=O)O)C2)n1. The molecule has 1 fully saturated rings. The standard InChI is InChI=1S/C26H26N4O5/c1-29-14-22(24(28-29)25(33)30-12-16(13-30)10-11-23(31)32)27-26(34)35-15-21-19-8-4-2-6-17(19)18-7-3-5-9-20(18)21/h2-9,14,16,21H,10-13,15H2,1H3,(H,27,34)(H,31,32). The maximum atomic E-state index is 12.9. The van der Waals surface area contributed by atoms with Crippen molar-refractivity contribution in [1.29, 1.82) is 0 Å². The van der Waals surface area contributed by atoms with Gasteiger partial charge in [0, 0.05) is 38.7 Å². The van der Waals surface area contributed by atoms with Crippen LogP contribution in [0.1, 0.15) is 40.4 Å². The molecule has 1 aromatic heterocycles. The van der Waals surface area contributed by atoms with Gasteiger partial charge in [0.2, 0.25) is 0 Å². The lowest BCUT2D eigenvalue weighted by atomic mass is 9.94. The molecular formula is C26H26N4O5. The van der Waals surface area contributed by atoms with Crippen molar-refractivity contribution in [1.82, 2.24) is 14.7 Å². The number of aliphatic carboxylic acids is 1. The quantitative estimate of drug-likeness (QED) is 0.540. The predicted octanol–water partition coefficient (Wildman–Crippen LogP) is 3.72. The number of nitrogens with one attached hydrogen (secondary N) is 1. The maximum Gasteiger partial charge on any atom is 0.411 e. The number of hydrogen-bond acceptors (Lipinski definition) is 5. The number of benzene rings is 2. The van der Waals surface area contributed by atoms with E-state index in [0.717, 1.165) is 22.3 Å². The first kappa shape index (κ1) is 22.6. The van der Waals surface area contributed by atoms with Crippen LogP contribution in [0.3, 0.4) is 0 Å². The Hall–Kier alpha value is -4.14. The zero-order valence-corrected chi connectivity index (χ0v) is 19.3. The Morgan fingerprint density at radius 2 is 1.69 bits per heavy atom. The summed E-state index contributed by atoms with van der Waals surface area (Å²) >= 11 is 0. The molecule has 35 heavy (non-hydrogen) atoms. The summed E-state index contributed by atoms with van der Waals surface area (Å²) in [6, 6.07) is 16.2. The molecule has 0 bridgehead atoms. The van der Waals surface area contributed by atoms with Gasteiger partial charge in [-0.15, -0.1) is 0 Å². The normalized spacial score (nSPS) is 14.7. The number of aryl methyl sites for hydroxylation is 1. The van der Waals surface area contributed by atoms with Gasteiger partial charge in [0.15, 0.2) is 5.69 Å². The minimum Gasteiger partial charge on any atom is -0.481 e. The van der Waals surface area contributed by atoms with Gasteiger partial charge in [-0.2, -0.15) is 5.10 Å². The Morgan fingerprint density at radius 1 is 1.06 bits per heavy atom. The maximum absolute atomic E-state index is 12.9. The fraction of sp³-hybridized carbons (Fsp3) is 0.308. The topological polar surface area (TPSA) is 114 Å². The monoisotopic (exact) mass is 474 g/mol. The van der Waals surface area contributed by atoms with Gasteiger partial charge in [-0.05, 0) is 34.6 Å². The molecule has 2 aliphatic rings. The molecule has 0 radical (unpaired) electrons. The van der Waals surface area contributed by atoms with Crippen molar-refractivity contribution in [2.75, 3.05) is 25.0 Å². The number of nitrogens with zero attached hydrogens (tertiary/aromatic N) is 3. The van der Waals surface area contributed by atoms with E-state index < -0.39 is 12.1 Å². The number of likely N-dealkylation sites (tertiary alicyclic amines) is 1. The molecule has 1 aliphatic carbocycles. The fourth-order valence-electron chi connectivity index (χ4n) is 4.88. The van der Waals surface area contributed by atoms with Gasteiger partial charge in [0.05, 0.1) is 5.69 Å². The van der Waals surface area contributed by atoms with Crippen LogP contribution in [-0.4, -0.2) is 57.5 Å². The second-order valence-corrected chi connectivity index (χ2v) is 9.02. The van der Waals surface area contributed by atoms with Gasteiger partial charge in [0.25, 0.3) is 5.91 Å². The van der Waals surface area contributed by atoms with E-state index >= 15 is 0 Å². The van der Waals surface area contributed by atoms with Crippen molar-refractivity contribution < 1.29 is 24.2 Å². The van der Waals surface area contributed by atoms with Gasteiger partial charge in [0.1, 0.15) is 6.61 Å². The van der Waals surface area contributed by atoms with Crippen LogP contribution >= 0.6 is 0 Å². The van der Waals surface area contributed by atoms with Gasteiger partial charge >= 0.3 is 12.1 Å². The Kier molecular flexibility index (Phi) is 5.98. The molecule has 9 heteroatoms. The summed E-state index contributed by atoms with van der Waals surface area (Å²) < 4.78 is 7.06. The summed E-state index contributed by atoms with van der Waals surface area (Å²) in [5.41, 5.74) is 4.95. The Bertz CT molecular complexity index is 1250. The van der Waals surface area contributed by atoms with Gasteiger partial charge in [-0.3, -0.25) is 19.6 Å². The number of aromatic nitrogens is 2. The molecule has 2 amide bonds. The summed E-state index contributed by atoms with van der Waals surface area (Å²) in [5, 5.41) is 15.7. The molecule has 9 nitrogen and oxygen atoms in total. The highest BCUT2D eigenvalue weighted by molar-refractivity contribution is 6.01. The molecule has 0 atom stereocenters. The minimum atomic E-state index is -0.839. The zero-order chi connectivity index (χ0) is 24.5. The van der Waals surface area contributed by atoms with Crippen molar-refractivity contribution >= 4 is 23.7 Å². The molecule has 1 aliphatic heterocycles. The molecule has 2 heterocycles. The summed E-state index contributed by atoms with van der Waals surface area (Å²) in [6.45, 7) is 1.13. The van der Waals surface area contributed by atoms with Crippen LogP contribution in [0.5, 0.6) is 0 Å². The largest absolute Gasteiger partial charge is 0.481 e. The average Bonchev–Trinajstić information content (AvgIpc) is 3.33. The number of hydrogen-bond donors (Lipinski definition) is 2. The minimum absolute atomic E-state index is 0.0630. The van der Waals surface area contributed by atoms with E-state index in [4.69, 9.17) is 9.84 Å². The van der Waals surface area contributed by atoms with Crippen molar-refractivity contribution in [3.8, 4) is 11.1 Å². The third-order valence-corrected chi connectivity index (χ3v) is 6.62.